The molecule has 0 bridgehead atoms. The molecule has 0 heterocycles. The molecule has 0 aromatic heterocycles. The number of rotatable bonds is 6. The molecule has 3 nitrogen and oxygen atoms in total. The third-order valence-corrected chi connectivity index (χ3v) is 4.55. The van der Waals surface area contributed by atoms with Crippen LogP contribution in [0.2, 0.25) is 0 Å². The molecule has 1 N–H and O–H groups in total. The largest absolute Gasteiger partial charge is 0.240 e. The predicted molar refractivity (Wildman–Crippen MR) is 74.0 cm³/mol. The molecule has 0 fully saturated rings. The molecule has 0 radical (unpaired) electrons. The van der Waals surface area contributed by atoms with Crippen LogP contribution in [0.3, 0.4) is 0 Å². The minimum atomic E-state index is -3.39. The molecule has 96 valence electrons. The van der Waals surface area contributed by atoms with Crippen LogP contribution in [0.4, 0.5) is 0 Å². The molecular formula is C12H18BrNO2S. The van der Waals surface area contributed by atoms with Gasteiger partial charge in [-0.25, -0.2) is 13.1 Å². The van der Waals surface area contributed by atoms with Gasteiger partial charge in [-0.2, -0.15) is 0 Å². The first-order valence-electron chi connectivity index (χ1n) is 5.64. The van der Waals surface area contributed by atoms with Gasteiger partial charge in [0.25, 0.3) is 0 Å². The second-order valence-corrected chi connectivity index (χ2v) is 6.53. The zero-order valence-electron chi connectivity index (χ0n) is 10.1. The number of benzene rings is 1. The maximum Gasteiger partial charge on any atom is 0.240 e. The monoisotopic (exact) mass is 319 g/mol. The summed E-state index contributed by atoms with van der Waals surface area (Å²) in [5, 5.41) is 0.793. The first kappa shape index (κ1) is 14.7. The number of sulfonamides is 1. The Morgan fingerprint density at radius 3 is 2.65 bits per heavy atom. The van der Waals surface area contributed by atoms with Gasteiger partial charge >= 0.3 is 0 Å². The Morgan fingerprint density at radius 1 is 1.41 bits per heavy atom. The van der Waals surface area contributed by atoms with Gasteiger partial charge in [0.05, 0.1) is 4.90 Å². The zero-order valence-corrected chi connectivity index (χ0v) is 12.5. The van der Waals surface area contributed by atoms with Crippen molar-refractivity contribution in [3.05, 3.63) is 29.8 Å². The molecule has 1 unspecified atom stereocenters. The van der Waals surface area contributed by atoms with Crippen molar-refractivity contribution < 1.29 is 8.42 Å². The van der Waals surface area contributed by atoms with Crippen molar-refractivity contribution in [2.45, 2.75) is 37.6 Å². The molecule has 0 spiro atoms. The van der Waals surface area contributed by atoms with Crippen molar-refractivity contribution in [1.29, 1.82) is 0 Å². The number of hydrogen-bond donors (Lipinski definition) is 1. The summed E-state index contributed by atoms with van der Waals surface area (Å²) in [6, 6.07) is 6.93. The van der Waals surface area contributed by atoms with Gasteiger partial charge in [-0.3, -0.25) is 0 Å². The van der Waals surface area contributed by atoms with Crippen molar-refractivity contribution in [3.63, 3.8) is 0 Å². The highest BCUT2D eigenvalue weighted by atomic mass is 79.9. The number of alkyl halides is 1. The topological polar surface area (TPSA) is 46.2 Å². The van der Waals surface area contributed by atoms with Crippen LogP contribution in [0.15, 0.2) is 29.2 Å². The number of hydrogen-bond acceptors (Lipinski definition) is 2. The molecule has 1 aromatic rings. The third kappa shape index (κ3) is 4.41. The second kappa shape index (κ2) is 6.52. The van der Waals surface area contributed by atoms with Crippen molar-refractivity contribution in [2.75, 3.05) is 5.33 Å². The molecule has 1 rings (SSSR count). The van der Waals surface area contributed by atoms with Gasteiger partial charge in [-0.15, -0.1) is 0 Å². The second-order valence-electron chi connectivity index (χ2n) is 4.02. The number of nitrogens with one attached hydrogen (secondary N) is 1. The summed E-state index contributed by atoms with van der Waals surface area (Å²) in [4.78, 5) is 0.338. The van der Waals surface area contributed by atoms with E-state index in [-0.39, 0.29) is 6.04 Å². The van der Waals surface area contributed by atoms with Gasteiger partial charge in [-0.05, 0) is 37.5 Å². The molecule has 0 aliphatic rings. The first-order chi connectivity index (χ1) is 7.99. The summed E-state index contributed by atoms with van der Waals surface area (Å²) < 4.78 is 26.9. The number of halogens is 1. The summed E-state index contributed by atoms with van der Waals surface area (Å²) in [7, 11) is -3.39. The van der Waals surface area contributed by atoms with E-state index in [2.05, 4.69) is 20.7 Å². The van der Waals surface area contributed by atoms with Crippen LogP contribution < -0.4 is 4.72 Å². The van der Waals surface area contributed by atoms with E-state index in [1.54, 1.807) is 18.2 Å². The quantitative estimate of drug-likeness (QED) is 0.819. The minimum absolute atomic E-state index is 0.0140. The lowest BCUT2D eigenvalue weighted by Crippen LogP contribution is -2.34. The van der Waals surface area contributed by atoms with E-state index in [1.807, 2.05) is 19.9 Å². The van der Waals surface area contributed by atoms with Crippen LogP contribution in [-0.4, -0.2) is 19.8 Å². The Kier molecular flexibility index (Phi) is 5.62. The maximum absolute atomic E-state index is 12.1. The summed E-state index contributed by atoms with van der Waals surface area (Å²) in [5.74, 6) is 0. The van der Waals surface area contributed by atoms with Crippen molar-refractivity contribution in [2.24, 2.45) is 0 Å². The summed E-state index contributed by atoms with van der Waals surface area (Å²) >= 11 is 3.33. The molecule has 5 heteroatoms. The highest BCUT2D eigenvalue weighted by Crippen LogP contribution is 2.13. The van der Waals surface area contributed by atoms with Crippen LogP contribution in [0, 0.1) is 6.92 Å². The molecule has 0 amide bonds. The van der Waals surface area contributed by atoms with E-state index >= 15 is 0 Å². The van der Waals surface area contributed by atoms with E-state index in [1.165, 1.54) is 0 Å². The Labute approximate surface area is 112 Å². The van der Waals surface area contributed by atoms with Gasteiger partial charge in [-0.1, -0.05) is 35.0 Å². The van der Waals surface area contributed by atoms with Gasteiger partial charge in [0.15, 0.2) is 0 Å². The van der Waals surface area contributed by atoms with Gasteiger partial charge in [0, 0.05) is 11.4 Å². The summed E-state index contributed by atoms with van der Waals surface area (Å²) in [6.45, 7) is 3.86. The summed E-state index contributed by atoms with van der Waals surface area (Å²) in [5.41, 5.74) is 0.946. The molecular weight excluding hydrogens is 302 g/mol. The van der Waals surface area contributed by atoms with Crippen molar-refractivity contribution >= 4 is 26.0 Å². The molecule has 0 aliphatic heterocycles. The minimum Gasteiger partial charge on any atom is -0.208 e. The van der Waals surface area contributed by atoms with E-state index in [4.69, 9.17) is 0 Å². The Balaban J connectivity index is 2.88. The van der Waals surface area contributed by atoms with Crippen LogP contribution in [0.1, 0.15) is 25.3 Å². The Morgan fingerprint density at radius 2 is 2.12 bits per heavy atom. The lowest BCUT2D eigenvalue weighted by Gasteiger charge is -2.16. The Bertz CT molecular complexity index is 459. The highest BCUT2D eigenvalue weighted by molar-refractivity contribution is 9.09. The van der Waals surface area contributed by atoms with Crippen LogP contribution in [-0.2, 0) is 10.0 Å². The first-order valence-corrected chi connectivity index (χ1v) is 8.25. The van der Waals surface area contributed by atoms with E-state index < -0.39 is 10.0 Å². The van der Waals surface area contributed by atoms with E-state index in [0.29, 0.717) is 4.90 Å². The van der Waals surface area contributed by atoms with Crippen LogP contribution in [0.5, 0.6) is 0 Å². The van der Waals surface area contributed by atoms with Crippen LogP contribution in [0.25, 0.3) is 0 Å². The Hall–Kier alpha value is -0.390. The maximum atomic E-state index is 12.1. The SMILES string of the molecule is CCC(CCBr)NS(=O)(=O)c1cccc(C)c1. The third-order valence-electron chi connectivity index (χ3n) is 2.57. The van der Waals surface area contributed by atoms with Gasteiger partial charge < -0.3 is 0 Å². The molecule has 1 atom stereocenters. The fourth-order valence-electron chi connectivity index (χ4n) is 1.55. The predicted octanol–water partition coefficient (Wildman–Crippen LogP) is 2.84. The van der Waals surface area contributed by atoms with Crippen LogP contribution >= 0.6 is 15.9 Å². The fourth-order valence-corrected chi connectivity index (χ4v) is 3.56. The average molecular weight is 320 g/mol. The standard InChI is InChI=1S/C12H18BrNO2S/c1-3-11(7-8-13)14-17(15,16)12-6-4-5-10(2)9-12/h4-6,9,11,14H,3,7-8H2,1-2H3. The van der Waals surface area contributed by atoms with E-state index in [0.717, 1.165) is 23.7 Å². The normalized spacial score (nSPS) is 13.6. The van der Waals surface area contributed by atoms with E-state index in [9.17, 15) is 8.42 Å². The molecule has 0 saturated carbocycles. The highest BCUT2D eigenvalue weighted by Gasteiger charge is 2.18. The van der Waals surface area contributed by atoms with Crippen molar-refractivity contribution in [1.82, 2.24) is 4.72 Å². The lowest BCUT2D eigenvalue weighted by atomic mass is 10.2. The van der Waals surface area contributed by atoms with Crippen molar-refractivity contribution in [3.8, 4) is 0 Å². The lowest BCUT2D eigenvalue weighted by molar-refractivity contribution is 0.533. The average Bonchev–Trinajstić information content (AvgIpc) is 2.28. The fraction of sp³-hybridized carbons (Fsp3) is 0.500. The molecule has 1 aromatic carbocycles. The summed E-state index contributed by atoms with van der Waals surface area (Å²) in [6.07, 6.45) is 1.58. The zero-order chi connectivity index (χ0) is 12.9. The van der Waals surface area contributed by atoms with Gasteiger partial charge in [0.2, 0.25) is 10.0 Å². The molecule has 0 aliphatic carbocycles. The molecule has 0 saturated heterocycles. The van der Waals surface area contributed by atoms with Gasteiger partial charge in [0.1, 0.15) is 0 Å². The molecule has 17 heavy (non-hydrogen) atoms. The smallest absolute Gasteiger partial charge is 0.208 e. The number of aryl methyl sites for hydroxylation is 1.